The van der Waals surface area contributed by atoms with Gasteiger partial charge < -0.3 is 10.1 Å². The van der Waals surface area contributed by atoms with E-state index in [2.05, 4.69) is 68.6 Å². The molecular formula is C19H25NO. The highest BCUT2D eigenvalue weighted by Gasteiger charge is 2.18. The third kappa shape index (κ3) is 3.64. The fourth-order valence-electron chi connectivity index (χ4n) is 2.74. The van der Waals surface area contributed by atoms with Crippen molar-refractivity contribution < 1.29 is 4.74 Å². The quantitative estimate of drug-likeness (QED) is 0.857. The van der Waals surface area contributed by atoms with Crippen LogP contribution < -0.4 is 10.1 Å². The third-order valence-corrected chi connectivity index (χ3v) is 4.02. The largest absolute Gasteiger partial charge is 0.496 e. The second-order valence-electron chi connectivity index (χ2n) is 5.43. The molecule has 0 fully saturated rings. The Labute approximate surface area is 128 Å². The van der Waals surface area contributed by atoms with E-state index in [-0.39, 0.29) is 6.04 Å². The summed E-state index contributed by atoms with van der Waals surface area (Å²) in [6.45, 7) is 7.34. The molecule has 112 valence electrons. The van der Waals surface area contributed by atoms with Crippen LogP contribution in [0.2, 0.25) is 0 Å². The van der Waals surface area contributed by atoms with Crippen molar-refractivity contribution in [3.8, 4) is 5.75 Å². The SMILES string of the molecule is CCNC(Cc1ccccc1)c1ccc(C)c(C)c1OC. The molecule has 2 heteroatoms. The molecule has 2 aromatic carbocycles. The number of nitrogens with one attached hydrogen (secondary N) is 1. The van der Waals surface area contributed by atoms with Crippen LogP contribution in [0.3, 0.4) is 0 Å². The maximum atomic E-state index is 5.68. The summed E-state index contributed by atoms with van der Waals surface area (Å²) in [4.78, 5) is 0. The number of ether oxygens (including phenoxy) is 1. The first-order valence-electron chi connectivity index (χ1n) is 7.58. The molecule has 1 unspecified atom stereocenters. The van der Waals surface area contributed by atoms with Gasteiger partial charge in [-0.2, -0.15) is 0 Å². The molecule has 2 aromatic rings. The van der Waals surface area contributed by atoms with E-state index < -0.39 is 0 Å². The topological polar surface area (TPSA) is 21.3 Å². The van der Waals surface area contributed by atoms with Crippen molar-refractivity contribution in [1.82, 2.24) is 5.32 Å². The van der Waals surface area contributed by atoms with Crippen molar-refractivity contribution in [2.45, 2.75) is 33.2 Å². The smallest absolute Gasteiger partial charge is 0.126 e. The van der Waals surface area contributed by atoms with E-state index in [1.807, 2.05) is 0 Å². The van der Waals surface area contributed by atoms with E-state index in [0.29, 0.717) is 0 Å². The monoisotopic (exact) mass is 283 g/mol. The van der Waals surface area contributed by atoms with Crippen LogP contribution in [0.15, 0.2) is 42.5 Å². The zero-order chi connectivity index (χ0) is 15.2. The summed E-state index contributed by atoms with van der Waals surface area (Å²) in [6.07, 6.45) is 0.966. The fraction of sp³-hybridized carbons (Fsp3) is 0.368. The number of aryl methyl sites for hydroxylation is 1. The summed E-state index contributed by atoms with van der Waals surface area (Å²) in [5.74, 6) is 1.01. The lowest BCUT2D eigenvalue weighted by molar-refractivity contribution is 0.395. The Bertz CT molecular complexity index is 578. The Kier molecular flexibility index (Phi) is 5.40. The second kappa shape index (κ2) is 7.28. The van der Waals surface area contributed by atoms with Crippen molar-refractivity contribution in [3.05, 3.63) is 64.7 Å². The number of likely N-dealkylation sites (N-methyl/N-ethyl adjacent to an activating group) is 1. The highest BCUT2D eigenvalue weighted by molar-refractivity contribution is 5.47. The van der Waals surface area contributed by atoms with Crippen molar-refractivity contribution in [1.29, 1.82) is 0 Å². The standard InChI is InChI=1S/C19H25NO/c1-5-20-18(13-16-9-7-6-8-10-16)17-12-11-14(2)15(3)19(17)21-4/h6-12,18,20H,5,13H2,1-4H3. The number of hydrogen-bond donors (Lipinski definition) is 1. The molecule has 0 aliphatic carbocycles. The second-order valence-corrected chi connectivity index (χ2v) is 5.43. The summed E-state index contributed by atoms with van der Waals surface area (Å²) >= 11 is 0. The van der Waals surface area contributed by atoms with E-state index >= 15 is 0 Å². The van der Waals surface area contributed by atoms with Crippen LogP contribution in [0.5, 0.6) is 5.75 Å². The average Bonchev–Trinajstić information content (AvgIpc) is 2.50. The van der Waals surface area contributed by atoms with Crippen LogP contribution in [0.25, 0.3) is 0 Å². The van der Waals surface area contributed by atoms with E-state index in [1.165, 1.54) is 22.3 Å². The van der Waals surface area contributed by atoms with Gasteiger partial charge in [0.1, 0.15) is 5.75 Å². The predicted molar refractivity (Wildman–Crippen MR) is 89.0 cm³/mol. The van der Waals surface area contributed by atoms with Crippen molar-refractivity contribution >= 4 is 0 Å². The summed E-state index contributed by atoms with van der Waals surface area (Å²) < 4.78 is 5.68. The lowest BCUT2D eigenvalue weighted by atomic mass is 9.94. The molecule has 0 aromatic heterocycles. The van der Waals surface area contributed by atoms with Crippen LogP contribution in [-0.2, 0) is 6.42 Å². The van der Waals surface area contributed by atoms with Crippen molar-refractivity contribution in [2.24, 2.45) is 0 Å². The third-order valence-electron chi connectivity index (χ3n) is 4.02. The Morgan fingerprint density at radius 3 is 2.38 bits per heavy atom. The van der Waals surface area contributed by atoms with E-state index in [9.17, 15) is 0 Å². The average molecular weight is 283 g/mol. The van der Waals surface area contributed by atoms with E-state index in [1.54, 1.807) is 7.11 Å². The van der Waals surface area contributed by atoms with Gasteiger partial charge in [0, 0.05) is 11.6 Å². The van der Waals surface area contributed by atoms with Crippen molar-refractivity contribution in [2.75, 3.05) is 13.7 Å². The van der Waals surface area contributed by atoms with Gasteiger partial charge in [0.2, 0.25) is 0 Å². The van der Waals surface area contributed by atoms with Gasteiger partial charge in [-0.1, -0.05) is 49.4 Å². The summed E-state index contributed by atoms with van der Waals surface area (Å²) in [7, 11) is 1.76. The van der Waals surface area contributed by atoms with E-state index in [0.717, 1.165) is 18.7 Å². The highest BCUT2D eigenvalue weighted by atomic mass is 16.5. The molecule has 0 spiro atoms. The lowest BCUT2D eigenvalue weighted by Gasteiger charge is -2.23. The van der Waals surface area contributed by atoms with Gasteiger partial charge in [0.15, 0.2) is 0 Å². The molecule has 1 atom stereocenters. The first kappa shape index (κ1) is 15.6. The van der Waals surface area contributed by atoms with Crippen molar-refractivity contribution in [3.63, 3.8) is 0 Å². The number of hydrogen-bond acceptors (Lipinski definition) is 2. The van der Waals surface area contributed by atoms with Gasteiger partial charge in [0.05, 0.1) is 7.11 Å². The molecule has 0 aliphatic heterocycles. The van der Waals surface area contributed by atoms with Crippen LogP contribution in [0, 0.1) is 13.8 Å². The highest BCUT2D eigenvalue weighted by Crippen LogP contribution is 2.32. The maximum Gasteiger partial charge on any atom is 0.126 e. The zero-order valence-electron chi connectivity index (χ0n) is 13.4. The molecule has 0 heterocycles. The molecule has 2 rings (SSSR count). The number of benzene rings is 2. The maximum absolute atomic E-state index is 5.68. The van der Waals surface area contributed by atoms with Crippen LogP contribution in [-0.4, -0.2) is 13.7 Å². The molecule has 0 amide bonds. The van der Waals surface area contributed by atoms with Gasteiger partial charge in [-0.05, 0) is 43.5 Å². The van der Waals surface area contributed by atoms with Gasteiger partial charge in [-0.15, -0.1) is 0 Å². The molecule has 0 saturated carbocycles. The first-order valence-corrected chi connectivity index (χ1v) is 7.58. The van der Waals surface area contributed by atoms with Crippen LogP contribution in [0.1, 0.15) is 35.2 Å². The van der Waals surface area contributed by atoms with E-state index in [4.69, 9.17) is 4.74 Å². The zero-order valence-corrected chi connectivity index (χ0v) is 13.4. The minimum absolute atomic E-state index is 0.270. The molecular weight excluding hydrogens is 258 g/mol. The lowest BCUT2D eigenvalue weighted by Crippen LogP contribution is -2.23. The van der Waals surface area contributed by atoms with Crippen LogP contribution >= 0.6 is 0 Å². The Balaban J connectivity index is 2.36. The molecule has 1 N–H and O–H groups in total. The molecule has 0 radical (unpaired) electrons. The number of rotatable bonds is 6. The normalized spacial score (nSPS) is 12.2. The Morgan fingerprint density at radius 1 is 1.05 bits per heavy atom. The minimum atomic E-state index is 0.270. The fourth-order valence-corrected chi connectivity index (χ4v) is 2.74. The first-order chi connectivity index (χ1) is 10.2. The minimum Gasteiger partial charge on any atom is -0.496 e. The number of methoxy groups -OCH3 is 1. The molecule has 2 nitrogen and oxygen atoms in total. The van der Waals surface area contributed by atoms with Crippen LogP contribution in [0.4, 0.5) is 0 Å². The van der Waals surface area contributed by atoms with Gasteiger partial charge in [0.25, 0.3) is 0 Å². The van der Waals surface area contributed by atoms with Gasteiger partial charge >= 0.3 is 0 Å². The molecule has 0 aliphatic rings. The Hall–Kier alpha value is -1.80. The van der Waals surface area contributed by atoms with Gasteiger partial charge in [-0.3, -0.25) is 0 Å². The summed E-state index contributed by atoms with van der Waals surface area (Å²) in [5.41, 5.74) is 5.08. The summed E-state index contributed by atoms with van der Waals surface area (Å²) in [5, 5.41) is 3.59. The summed E-state index contributed by atoms with van der Waals surface area (Å²) in [6, 6.07) is 15.2. The predicted octanol–water partition coefficient (Wildman–Crippen LogP) is 4.21. The molecule has 0 bridgehead atoms. The molecule has 21 heavy (non-hydrogen) atoms. The Morgan fingerprint density at radius 2 is 1.76 bits per heavy atom. The molecule has 0 saturated heterocycles. The van der Waals surface area contributed by atoms with Gasteiger partial charge in [-0.25, -0.2) is 0 Å².